The number of aryl methyl sites for hydroxylation is 1. The summed E-state index contributed by atoms with van der Waals surface area (Å²) in [6.07, 6.45) is -0.0427. The molecule has 7 nitrogen and oxygen atoms in total. The van der Waals surface area contributed by atoms with Gasteiger partial charge in [0.05, 0.1) is 17.0 Å². The fourth-order valence-electron chi connectivity index (χ4n) is 2.70. The molecule has 0 unspecified atom stereocenters. The molecule has 0 saturated carbocycles. The first-order valence-corrected chi connectivity index (χ1v) is 7.92. The lowest BCUT2D eigenvalue weighted by atomic mass is 10.0. The lowest BCUT2D eigenvalue weighted by molar-refractivity contribution is -0.384. The Morgan fingerprint density at radius 1 is 1.08 bits per heavy atom. The summed E-state index contributed by atoms with van der Waals surface area (Å²) in [5.74, 6) is -0.0336. The number of aromatic nitrogens is 2. The Hall–Kier alpha value is -3.61. The van der Waals surface area contributed by atoms with Gasteiger partial charge in [-0.25, -0.2) is 9.97 Å². The maximum absolute atomic E-state index is 11.5. The van der Waals surface area contributed by atoms with Crippen LogP contribution >= 0.6 is 0 Å². The number of primary amides is 1. The minimum atomic E-state index is -0.518. The third-order valence-corrected chi connectivity index (χ3v) is 3.93. The van der Waals surface area contributed by atoms with Crippen LogP contribution in [-0.4, -0.2) is 20.8 Å². The van der Waals surface area contributed by atoms with E-state index >= 15 is 0 Å². The first-order valence-electron chi connectivity index (χ1n) is 7.92. The van der Waals surface area contributed by atoms with Crippen molar-refractivity contribution in [2.45, 2.75) is 13.3 Å². The van der Waals surface area contributed by atoms with Crippen LogP contribution in [0.5, 0.6) is 0 Å². The molecule has 26 heavy (non-hydrogen) atoms. The van der Waals surface area contributed by atoms with E-state index in [0.29, 0.717) is 28.3 Å². The van der Waals surface area contributed by atoms with Gasteiger partial charge in [0, 0.05) is 34.5 Å². The molecule has 0 aliphatic rings. The molecule has 0 atom stereocenters. The number of amides is 1. The van der Waals surface area contributed by atoms with E-state index in [-0.39, 0.29) is 12.1 Å². The van der Waals surface area contributed by atoms with Crippen LogP contribution in [-0.2, 0) is 11.2 Å². The summed E-state index contributed by atoms with van der Waals surface area (Å²) in [5.41, 5.74) is 8.32. The van der Waals surface area contributed by atoms with Crippen LogP contribution in [0, 0.1) is 17.0 Å². The van der Waals surface area contributed by atoms with Gasteiger partial charge in [-0.3, -0.25) is 14.9 Å². The predicted molar refractivity (Wildman–Crippen MR) is 97.2 cm³/mol. The molecule has 0 fully saturated rings. The molecule has 2 N–H and O–H groups in total. The molecular formula is C19H16N4O3. The molecule has 130 valence electrons. The highest BCUT2D eigenvalue weighted by Crippen LogP contribution is 2.29. The molecule has 1 amide bonds. The van der Waals surface area contributed by atoms with Gasteiger partial charge in [0.1, 0.15) is 0 Å². The largest absolute Gasteiger partial charge is 0.369 e. The average Bonchev–Trinajstić information content (AvgIpc) is 2.63. The van der Waals surface area contributed by atoms with Crippen LogP contribution in [0.1, 0.15) is 11.3 Å². The second kappa shape index (κ2) is 7.10. The fraction of sp³-hybridized carbons (Fsp3) is 0.105. The first kappa shape index (κ1) is 17.2. The van der Waals surface area contributed by atoms with E-state index in [0.717, 1.165) is 5.56 Å². The van der Waals surface area contributed by atoms with E-state index < -0.39 is 10.8 Å². The van der Waals surface area contributed by atoms with Gasteiger partial charge in [-0.1, -0.05) is 42.5 Å². The highest BCUT2D eigenvalue weighted by Gasteiger charge is 2.18. The number of carbonyl (C=O) groups excluding carboxylic acids is 1. The fourth-order valence-corrected chi connectivity index (χ4v) is 2.70. The van der Waals surface area contributed by atoms with Gasteiger partial charge in [-0.15, -0.1) is 0 Å². The van der Waals surface area contributed by atoms with E-state index in [9.17, 15) is 14.9 Å². The van der Waals surface area contributed by atoms with E-state index in [1.165, 1.54) is 12.1 Å². The van der Waals surface area contributed by atoms with Crippen molar-refractivity contribution in [3.8, 4) is 22.6 Å². The molecule has 1 aromatic heterocycles. The Labute approximate surface area is 149 Å². The summed E-state index contributed by atoms with van der Waals surface area (Å²) in [6, 6.07) is 15.5. The quantitative estimate of drug-likeness (QED) is 0.562. The number of rotatable bonds is 5. The molecule has 7 heteroatoms. The van der Waals surface area contributed by atoms with Crippen LogP contribution in [0.4, 0.5) is 5.69 Å². The van der Waals surface area contributed by atoms with E-state index in [1.54, 1.807) is 19.1 Å². The molecule has 0 spiro atoms. The molecule has 0 saturated heterocycles. The number of non-ortho nitro benzene ring substituents is 1. The van der Waals surface area contributed by atoms with Crippen LogP contribution in [0.15, 0.2) is 54.6 Å². The van der Waals surface area contributed by atoms with Gasteiger partial charge in [0.25, 0.3) is 5.69 Å². The summed E-state index contributed by atoms with van der Waals surface area (Å²) < 4.78 is 0. The Balaban J connectivity index is 2.23. The number of hydrogen-bond donors (Lipinski definition) is 1. The van der Waals surface area contributed by atoms with Gasteiger partial charge in [0.2, 0.25) is 5.91 Å². The zero-order valence-electron chi connectivity index (χ0n) is 14.0. The molecule has 0 aliphatic carbocycles. The predicted octanol–water partition coefficient (Wildman–Crippen LogP) is 3.06. The molecule has 3 rings (SSSR count). The average molecular weight is 348 g/mol. The van der Waals surface area contributed by atoms with Crippen LogP contribution in [0.25, 0.3) is 22.6 Å². The molecule has 0 radical (unpaired) electrons. The Morgan fingerprint density at radius 3 is 2.42 bits per heavy atom. The van der Waals surface area contributed by atoms with Crippen molar-refractivity contribution in [2.24, 2.45) is 5.73 Å². The molecule has 0 aliphatic heterocycles. The topological polar surface area (TPSA) is 112 Å². The summed E-state index contributed by atoms with van der Waals surface area (Å²) in [7, 11) is 0. The maximum atomic E-state index is 11.5. The maximum Gasteiger partial charge on any atom is 0.270 e. The highest BCUT2D eigenvalue weighted by atomic mass is 16.6. The number of carbonyl (C=O) groups is 1. The zero-order chi connectivity index (χ0) is 18.7. The van der Waals surface area contributed by atoms with Gasteiger partial charge in [-0.05, 0) is 6.92 Å². The second-order valence-corrected chi connectivity index (χ2v) is 5.78. The summed E-state index contributed by atoms with van der Waals surface area (Å²) in [6.45, 7) is 1.77. The number of benzene rings is 2. The minimum absolute atomic E-state index is 0.0427. The Bertz CT molecular complexity index is 987. The monoisotopic (exact) mass is 348 g/mol. The third-order valence-electron chi connectivity index (χ3n) is 3.93. The number of nitrogens with zero attached hydrogens (tertiary/aromatic N) is 3. The smallest absolute Gasteiger partial charge is 0.270 e. The zero-order valence-corrected chi connectivity index (χ0v) is 14.0. The van der Waals surface area contributed by atoms with Crippen LogP contribution < -0.4 is 5.73 Å². The number of nitrogens with two attached hydrogens (primary N) is 1. The second-order valence-electron chi connectivity index (χ2n) is 5.78. The van der Waals surface area contributed by atoms with Crippen molar-refractivity contribution in [3.63, 3.8) is 0 Å². The van der Waals surface area contributed by atoms with Crippen molar-refractivity contribution in [3.05, 3.63) is 76.0 Å². The minimum Gasteiger partial charge on any atom is -0.369 e. The van der Waals surface area contributed by atoms with Crippen LogP contribution in [0.3, 0.4) is 0 Å². The molecule has 1 heterocycles. The van der Waals surface area contributed by atoms with Crippen molar-refractivity contribution < 1.29 is 9.72 Å². The molecular weight excluding hydrogens is 332 g/mol. The van der Waals surface area contributed by atoms with Crippen LogP contribution in [0.2, 0.25) is 0 Å². The standard InChI is InChI=1S/C19H16N4O3/c1-12-16(11-17(20)24)18(14-8-5-9-15(10-14)23(25)26)22-19(21-12)13-6-3-2-4-7-13/h2-10H,11H2,1H3,(H2,20,24). The number of nitro benzene ring substituents is 1. The number of nitro groups is 1. The highest BCUT2D eigenvalue weighted by molar-refractivity contribution is 5.81. The lowest BCUT2D eigenvalue weighted by Crippen LogP contribution is -2.16. The first-order chi connectivity index (χ1) is 12.5. The van der Waals surface area contributed by atoms with Crippen molar-refractivity contribution in [2.75, 3.05) is 0 Å². The van der Waals surface area contributed by atoms with E-state index in [2.05, 4.69) is 9.97 Å². The van der Waals surface area contributed by atoms with Gasteiger partial charge < -0.3 is 5.73 Å². The molecule has 2 aromatic carbocycles. The van der Waals surface area contributed by atoms with Crippen molar-refractivity contribution in [1.82, 2.24) is 9.97 Å². The molecule has 0 bridgehead atoms. The van der Waals surface area contributed by atoms with Gasteiger partial charge >= 0.3 is 0 Å². The van der Waals surface area contributed by atoms with E-state index in [4.69, 9.17) is 5.73 Å². The normalized spacial score (nSPS) is 10.5. The Morgan fingerprint density at radius 2 is 1.77 bits per heavy atom. The summed E-state index contributed by atoms with van der Waals surface area (Å²) >= 11 is 0. The summed E-state index contributed by atoms with van der Waals surface area (Å²) in [4.78, 5) is 31.2. The molecule has 3 aromatic rings. The lowest BCUT2D eigenvalue weighted by Gasteiger charge is -2.13. The number of hydrogen-bond acceptors (Lipinski definition) is 5. The SMILES string of the molecule is Cc1nc(-c2ccccc2)nc(-c2cccc([N+](=O)[O-])c2)c1CC(N)=O. The van der Waals surface area contributed by atoms with Gasteiger partial charge in [-0.2, -0.15) is 0 Å². The van der Waals surface area contributed by atoms with Crippen molar-refractivity contribution in [1.29, 1.82) is 0 Å². The summed E-state index contributed by atoms with van der Waals surface area (Å²) in [5, 5.41) is 11.1. The van der Waals surface area contributed by atoms with E-state index in [1.807, 2.05) is 30.3 Å². The third kappa shape index (κ3) is 3.56. The Kier molecular flexibility index (Phi) is 4.70. The van der Waals surface area contributed by atoms with Crippen molar-refractivity contribution >= 4 is 11.6 Å². The van der Waals surface area contributed by atoms with Gasteiger partial charge in [0.15, 0.2) is 5.82 Å².